The number of hydrogen-bond acceptors (Lipinski definition) is 6. The zero-order chi connectivity index (χ0) is 20.1. The number of benzene rings is 2. The van der Waals surface area contributed by atoms with Gasteiger partial charge in [-0.15, -0.1) is 0 Å². The third-order valence-electron chi connectivity index (χ3n) is 4.38. The number of rotatable bonds is 6. The van der Waals surface area contributed by atoms with Gasteiger partial charge in [-0.3, -0.25) is 9.78 Å². The van der Waals surface area contributed by atoms with Crippen LogP contribution in [0.1, 0.15) is 15.9 Å². The Morgan fingerprint density at radius 3 is 2.72 bits per heavy atom. The first-order valence-corrected chi connectivity index (χ1v) is 9.14. The summed E-state index contributed by atoms with van der Waals surface area (Å²) in [4.78, 5) is 16.8. The minimum Gasteiger partial charge on any atom is -0.493 e. The number of para-hydroxylation sites is 1. The predicted molar refractivity (Wildman–Crippen MR) is 107 cm³/mol. The fourth-order valence-electron chi connectivity index (χ4n) is 2.96. The molecule has 2 heterocycles. The highest BCUT2D eigenvalue weighted by atomic mass is 16.6. The Hall–Kier alpha value is -3.74. The van der Waals surface area contributed by atoms with Gasteiger partial charge < -0.3 is 24.3 Å². The van der Waals surface area contributed by atoms with E-state index < -0.39 is 0 Å². The van der Waals surface area contributed by atoms with Gasteiger partial charge in [0.2, 0.25) is 0 Å². The van der Waals surface area contributed by atoms with Crippen LogP contribution in [-0.2, 0) is 6.61 Å². The fourth-order valence-corrected chi connectivity index (χ4v) is 2.96. The minimum absolute atomic E-state index is 0.294. The normalized spacial score (nSPS) is 12.2. The first kappa shape index (κ1) is 18.6. The van der Waals surface area contributed by atoms with Crippen LogP contribution in [0.25, 0.3) is 0 Å². The highest BCUT2D eigenvalue weighted by molar-refractivity contribution is 6.06. The number of pyridine rings is 1. The van der Waals surface area contributed by atoms with Crippen molar-refractivity contribution in [1.29, 1.82) is 0 Å². The number of amides is 1. The maximum absolute atomic E-state index is 12.8. The second-order valence-corrected chi connectivity index (χ2v) is 6.29. The van der Waals surface area contributed by atoms with Crippen molar-refractivity contribution in [2.75, 3.05) is 25.6 Å². The summed E-state index contributed by atoms with van der Waals surface area (Å²) in [6, 6.07) is 14.2. The number of nitrogens with one attached hydrogen (secondary N) is 1. The van der Waals surface area contributed by atoms with Gasteiger partial charge in [0.1, 0.15) is 19.8 Å². The van der Waals surface area contributed by atoms with Crippen molar-refractivity contribution in [3.63, 3.8) is 0 Å². The Bertz CT molecular complexity index is 1010. The van der Waals surface area contributed by atoms with Gasteiger partial charge in [0, 0.05) is 24.1 Å². The summed E-state index contributed by atoms with van der Waals surface area (Å²) >= 11 is 0. The number of nitrogens with zero attached hydrogens (tertiary/aromatic N) is 1. The summed E-state index contributed by atoms with van der Waals surface area (Å²) in [5, 5.41) is 2.88. The molecule has 7 heteroatoms. The van der Waals surface area contributed by atoms with Crippen molar-refractivity contribution >= 4 is 11.6 Å². The van der Waals surface area contributed by atoms with Crippen LogP contribution < -0.4 is 24.3 Å². The summed E-state index contributed by atoms with van der Waals surface area (Å²) < 4.78 is 22.4. The highest BCUT2D eigenvalue weighted by Crippen LogP contribution is 2.35. The Labute approximate surface area is 168 Å². The van der Waals surface area contributed by atoms with Gasteiger partial charge in [-0.2, -0.15) is 0 Å². The molecular weight excluding hydrogens is 372 g/mol. The van der Waals surface area contributed by atoms with E-state index in [4.69, 9.17) is 18.9 Å². The largest absolute Gasteiger partial charge is 0.493 e. The van der Waals surface area contributed by atoms with Crippen molar-refractivity contribution in [3.8, 4) is 23.0 Å². The Kier molecular flexibility index (Phi) is 5.47. The summed E-state index contributed by atoms with van der Waals surface area (Å²) in [6.45, 7) is 1.23. The van der Waals surface area contributed by atoms with E-state index in [-0.39, 0.29) is 5.91 Å². The number of hydrogen-bond donors (Lipinski definition) is 1. The molecule has 29 heavy (non-hydrogen) atoms. The lowest BCUT2D eigenvalue weighted by molar-refractivity contribution is 0.101. The average molecular weight is 392 g/mol. The lowest BCUT2D eigenvalue weighted by Gasteiger charge is -2.20. The monoisotopic (exact) mass is 392 g/mol. The van der Waals surface area contributed by atoms with Crippen molar-refractivity contribution in [2.24, 2.45) is 0 Å². The van der Waals surface area contributed by atoms with Crippen LogP contribution in [-0.4, -0.2) is 31.2 Å². The smallest absolute Gasteiger partial charge is 0.259 e. The zero-order valence-corrected chi connectivity index (χ0v) is 15.9. The number of carbonyl (C=O) groups is 1. The van der Waals surface area contributed by atoms with Crippen LogP contribution in [0.3, 0.4) is 0 Å². The molecule has 1 amide bonds. The van der Waals surface area contributed by atoms with Crippen LogP contribution in [0.15, 0.2) is 60.9 Å². The van der Waals surface area contributed by atoms with Crippen LogP contribution in [0.5, 0.6) is 23.0 Å². The first-order valence-electron chi connectivity index (χ1n) is 9.14. The van der Waals surface area contributed by atoms with E-state index in [0.29, 0.717) is 54.1 Å². The quantitative estimate of drug-likeness (QED) is 0.689. The van der Waals surface area contributed by atoms with Crippen LogP contribution in [0.2, 0.25) is 0 Å². The molecule has 1 aromatic heterocycles. The zero-order valence-electron chi connectivity index (χ0n) is 15.9. The van der Waals surface area contributed by atoms with Gasteiger partial charge in [-0.25, -0.2) is 0 Å². The van der Waals surface area contributed by atoms with Gasteiger partial charge in [-0.1, -0.05) is 6.07 Å². The van der Waals surface area contributed by atoms with Gasteiger partial charge in [0.25, 0.3) is 5.91 Å². The molecule has 0 saturated carbocycles. The molecule has 1 aliphatic rings. The number of methoxy groups -OCH3 is 1. The van der Waals surface area contributed by atoms with E-state index in [0.717, 1.165) is 5.56 Å². The molecule has 0 bridgehead atoms. The number of fused-ring (bicyclic) bond motifs is 1. The van der Waals surface area contributed by atoms with Crippen LogP contribution >= 0.6 is 0 Å². The number of aromatic nitrogens is 1. The summed E-state index contributed by atoms with van der Waals surface area (Å²) in [7, 11) is 1.57. The van der Waals surface area contributed by atoms with E-state index in [1.54, 1.807) is 55.9 Å². The van der Waals surface area contributed by atoms with Gasteiger partial charge in [0.15, 0.2) is 23.0 Å². The molecule has 0 fully saturated rings. The maximum Gasteiger partial charge on any atom is 0.259 e. The molecule has 2 aromatic carbocycles. The van der Waals surface area contributed by atoms with Gasteiger partial charge in [0.05, 0.1) is 12.7 Å². The van der Waals surface area contributed by atoms with Crippen molar-refractivity contribution in [3.05, 3.63) is 72.1 Å². The first-order chi connectivity index (χ1) is 14.2. The lowest BCUT2D eigenvalue weighted by Crippen LogP contribution is -2.20. The van der Waals surface area contributed by atoms with E-state index >= 15 is 0 Å². The van der Waals surface area contributed by atoms with Crippen LogP contribution in [0.4, 0.5) is 5.69 Å². The molecule has 4 rings (SSSR count). The molecule has 0 saturated heterocycles. The van der Waals surface area contributed by atoms with Crippen molar-refractivity contribution in [2.45, 2.75) is 6.61 Å². The third-order valence-corrected chi connectivity index (χ3v) is 4.38. The average Bonchev–Trinajstić information content (AvgIpc) is 2.78. The van der Waals surface area contributed by atoms with E-state index in [2.05, 4.69) is 10.3 Å². The molecule has 0 atom stereocenters. The number of carbonyl (C=O) groups excluding carboxylic acids is 1. The van der Waals surface area contributed by atoms with Crippen LogP contribution in [0, 0.1) is 0 Å². The van der Waals surface area contributed by atoms with E-state index in [1.807, 2.05) is 12.1 Å². The van der Waals surface area contributed by atoms with Gasteiger partial charge >= 0.3 is 0 Å². The number of anilines is 1. The topological polar surface area (TPSA) is 78.9 Å². The van der Waals surface area contributed by atoms with Crippen molar-refractivity contribution < 1.29 is 23.7 Å². The van der Waals surface area contributed by atoms with E-state index in [1.165, 1.54) is 0 Å². The standard InChI is InChI=1S/C22H20N2O5/c1-26-18-6-5-16(13-20(18)29-14-15-7-9-23-10-8-15)24-22(25)17-3-2-4-19-21(17)28-12-11-27-19/h2-10,13H,11-12,14H2,1H3,(H,24,25). The lowest BCUT2D eigenvalue weighted by atomic mass is 10.1. The fraction of sp³-hybridized carbons (Fsp3) is 0.182. The number of ether oxygens (including phenoxy) is 4. The molecule has 0 radical (unpaired) electrons. The molecule has 1 N–H and O–H groups in total. The molecule has 0 spiro atoms. The predicted octanol–water partition coefficient (Wildman–Crippen LogP) is 3.69. The summed E-state index contributed by atoms with van der Waals surface area (Å²) in [6.07, 6.45) is 3.41. The molecule has 1 aliphatic heterocycles. The molecule has 0 unspecified atom stereocenters. The summed E-state index contributed by atoms with van der Waals surface area (Å²) in [5.41, 5.74) is 1.97. The van der Waals surface area contributed by atoms with Gasteiger partial charge in [-0.05, 0) is 42.0 Å². The SMILES string of the molecule is COc1ccc(NC(=O)c2cccc3c2OCCO3)cc1OCc1ccncc1. The second kappa shape index (κ2) is 8.52. The Morgan fingerprint density at radius 2 is 1.90 bits per heavy atom. The minimum atomic E-state index is -0.294. The van der Waals surface area contributed by atoms with E-state index in [9.17, 15) is 4.79 Å². The molecule has 7 nitrogen and oxygen atoms in total. The van der Waals surface area contributed by atoms with Crippen molar-refractivity contribution in [1.82, 2.24) is 4.98 Å². The highest BCUT2D eigenvalue weighted by Gasteiger charge is 2.20. The molecular formula is C22H20N2O5. The molecule has 0 aliphatic carbocycles. The molecule has 3 aromatic rings. The third kappa shape index (κ3) is 4.24. The summed E-state index contributed by atoms with van der Waals surface area (Å²) in [5.74, 6) is 1.83. The Morgan fingerprint density at radius 1 is 1.07 bits per heavy atom. The second-order valence-electron chi connectivity index (χ2n) is 6.29. The Balaban J connectivity index is 1.52. The maximum atomic E-state index is 12.8. The molecule has 148 valence electrons.